The third-order valence-corrected chi connectivity index (χ3v) is 3.83. The molecule has 0 unspecified atom stereocenters. The SMILES string of the molecule is COC(=O)/C=C1/S/C(=N\N=Cc2cc(Br)ccc2O)NC1=O. The summed E-state index contributed by atoms with van der Waals surface area (Å²) in [6.07, 6.45) is 2.42. The van der Waals surface area contributed by atoms with Gasteiger partial charge in [0.25, 0.3) is 5.91 Å². The number of phenolic OH excluding ortho intramolecular Hbond substituents is 1. The van der Waals surface area contributed by atoms with E-state index in [0.29, 0.717) is 5.56 Å². The van der Waals surface area contributed by atoms with Crippen molar-refractivity contribution in [1.29, 1.82) is 0 Å². The largest absolute Gasteiger partial charge is 0.507 e. The number of methoxy groups -OCH3 is 1. The van der Waals surface area contributed by atoms with Crippen molar-refractivity contribution in [2.45, 2.75) is 0 Å². The van der Waals surface area contributed by atoms with E-state index in [9.17, 15) is 14.7 Å². The molecule has 1 aliphatic heterocycles. The second-order valence-electron chi connectivity index (χ2n) is 3.94. The number of amides is 1. The van der Waals surface area contributed by atoms with Gasteiger partial charge in [-0.05, 0) is 30.0 Å². The molecule has 0 aromatic heterocycles. The fraction of sp³-hybridized carbons (Fsp3) is 0.0769. The molecule has 1 heterocycles. The second kappa shape index (κ2) is 7.23. The number of nitrogens with one attached hydrogen (secondary N) is 1. The lowest BCUT2D eigenvalue weighted by Gasteiger charge is -1.97. The Hall–Kier alpha value is -2.13. The van der Waals surface area contributed by atoms with Crippen LogP contribution in [0.5, 0.6) is 5.75 Å². The highest BCUT2D eigenvalue weighted by Gasteiger charge is 2.24. The van der Waals surface area contributed by atoms with Crippen LogP contribution in [0.25, 0.3) is 0 Å². The highest BCUT2D eigenvalue weighted by Crippen LogP contribution is 2.24. The van der Waals surface area contributed by atoms with E-state index in [1.807, 2.05) is 0 Å². The molecule has 1 fully saturated rings. The minimum Gasteiger partial charge on any atom is -0.507 e. The lowest BCUT2D eigenvalue weighted by atomic mass is 10.2. The van der Waals surface area contributed by atoms with Crippen LogP contribution in [0.2, 0.25) is 0 Å². The summed E-state index contributed by atoms with van der Waals surface area (Å²) in [6, 6.07) is 4.87. The summed E-state index contributed by atoms with van der Waals surface area (Å²) in [7, 11) is 1.22. The van der Waals surface area contributed by atoms with E-state index >= 15 is 0 Å². The number of thioether (sulfide) groups is 1. The van der Waals surface area contributed by atoms with Gasteiger partial charge in [-0.15, -0.1) is 5.10 Å². The monoisotopic (exact) mass is 383 g/mol. The van der Waals surface area contributed by atoms with Gasteiger partial charge in [0.05, 0.1) is 18.2 Å². The summed E-state index contributed by atoms with van der Waals surface area (Å²) in [6.45, 7) is 0. The van der Waals surface area contributed by atoms with Gasteiger partial charge in [0.1, 0.15) is 5.75 Å². The van der Waals surface area contributed by atoms with Crippen molar-refractivity contribution in [3.8, 4) is 5.75 Å². The third-order valence-electron chi connectivity index (χ3n) is 2.44. The standard InChI is InChI=1S/C13H10BrN3O4S/c1-21-11(19)5-10-12(20)16-13(22-10)17-15-6-7-4-8(14)2-3-9(7)18/h2-6,18H,1H3,(H,16,17,20)/b10-5+,15-6?. The number of carbonyl (C=O) groups excluding carboxylic acids is 2. The second-order valence-corrected chi connectivity index (χ2v) is 5.89. The van der Waals surface area contributed by atoms with E-state index < -0.39 is 11.9 Å². The zero-order valence-electron chi connectivity index (χ0n) is 11.2. The Kier molecular flexibility index (Phi) is 5.34. The summed E-state index contributed by atoms with van der Waals surface area (Å²) >= 11 is 4.25. The van der Waals surface area contributed by atoms with Crippen LogP contribution in [0.1, 0.15) is 5.56 Å². The average molecular weight is 384 g/mol. The van der Waals surface area contributed by atoms with Crippen LogP contribution in [0, 0.1) is 0 Å². The Balaban J connectivity index is 2.10. The van der Waals surface area contributed by atoms with Crippen molar-refractivity contribution in [3.63, 3.8) is 0 Å². The van der Waals surface area contributed by atoms with Crippen LogP contribution in [0.4, 0.5) is 0 Å². The molecule has 1 aliphatic rings. The van der Waals surface area contributed by atoms with Gasteiger partial charge in [0.15, 0.2) is 5.17 Å². The van der Waals surface area contributed by atoms with Crippen molar-refractivity contribution in [2.75, 3.05) is 7.11 Å². The quantitative estimate of drug-likeness (QED) is 0.358. The highest BCUT2D eigenvalue weighted by atomic mass is 79.9. The fourth-order valence-electron chi connectivity index (χ4n) is 1.41. The van der Waals surface area contributed by atoms with E-state index in [-0.39, 0.29) is 15.8 Å². The summed E-state index contributed by atoms with van der Waals surface area (Å²) < 4.78 is 5.23. The number of ether oxygens (including phenoxy) is 1. The highest BCUT2D eigenvalue weighted by molar-refractivity contribution is 9.10. The molecule has 7 nitrogen and oxygen atoms in total. The Morgan fingerprint density at radius 2 is 2.27 bits per heavy atom. The Labute approximate surface area is 138 Å². The molecular formula is C13H10BrN3O4S. The molecule has 1 aromatic rings. The van der Waals surface area contributed by atoms with Gasteiger partial charge in [-0.3, -0.25) is 10.1 Å². The molecule has 9 heteroatoms. The maximum atomic E-state index is 11.6. The number of hydrogen-bond acceptors (Lipinski definition) is 7. The number of carbonyl (C=O) groups is 2. The number of benzene rings is 1. The summed E-state index contributed by atoms with van der Waals surface area (Å²) in [5.74, 6) is -1.02. The first-order valence-corrected chi connectivity index (χ1v) is 7.49. The molecule has 0 radical (unpaired) electrons. The molecule has 0 aliphatic carbocycles. The first-order valence-electron chi connectivity index (χ1n) is 5.88. The van der Waals surface area contributed by atoms with Crippen molar-refractivity contribution in [3.05, 3.63) is 39.2 Å². The summed E-state index contributed by atoms with van der Waals surface area (Å²) in [5.41, 5.74) is 0.471. The number of rotatable bonds is 3. The number of amidine groups is 1. The first kappa shape index (κ1) is 16.2. The van der Waals surface area contributed by atoms with Crippen molar-refractivity contribution < 1.29 is 19.4 Å². The number of hydrogen-bond donors (Lipinski definition) is 2. The third kappa shape index (κ3) is 4.18. The molecule has 2 rings (SSSR count). The van der Waals surface area contributed by atoms with Gasteiger partial charge in [0, 0.05) is 16.1 Å². The number of aromatic hydroxyl groups is 1. The van der Waals surface area contributed by atoms with Gasteiger partial charge in [0.2, 0.25) is 0 Å². The average Bonchev–Trinajstić information content (AvgIpc) is 2.82. The lowest BCUT2D eigenvalue weighted by molar-refractivity contribution is -0.135. The van der Waals surface area contributed by atoms with Gasteiger partial charge < -0.3 is 9.84 Å². The van der Waals surface area contributed by atoms with Crippen LogP contribution in [-0.2, 0) is 14.3 Å². The van der Waals surface area contributed by atoms with Crippen LogP contribution >= 0.6 is 27.7 Å². The maximum absolute atomic E-state index is 11.6. The number of halogens is 1. The molecule has 0 saturated carbocycles. The molecule has 22 heavy (non-hydrogen) atoms. The Bertz CT molecular complexity index is 715. The smallest absolute Gasteiger partial charge is 0.331 e. The normalized spacial score (nSPS) is 18.2. The molecule has 0 atom stereocenters. The van der Waals surface area contributed by atoms with E-state index in [4.69, 9.17) is 0 Å². The molecule has 1 saturated heterocycles. The maximum Gasteiger partial charge on any atom is 0.331 e. The zero-order valence-corrected chi connectivity index (χ0v) is 13.6. The fourth-order valence-corrected chi connectivity index (χ4v) is 2.53. The Morgan fingerprint density at radius 1 is 1.50 bits per heavy atom. The Morgan fingerprint density at radius 3 is 3.00 bits per heavy atom. The molecule has 0 spiro atoms. The molecule has 2 N–H and O–H groups in total. The van der Waals surface area contributed by atoms with Crippen molar-refractivity contribution >= 4 is 51.0 Å². The van der Waals surface area contributed by atoms with Crippen LogP contribution < -0.4 is 5.32 Å². The van der Waals surface area contributed by atoms with Gasteiger partial charge in [-0.25, -0.2) is 4.79 Å². The molecule has 1 amide bonds. The summed E-state index contributed by atoms with van der Waals surface area (Å²) in [5, 5.41) is 19.9. The van der Waals surface area contributed by atoms with E-state index in [2.05, 4.69) is 36.2 Å². The number of nitrogens with zero attached hydrogens (tertiary/aromatic N) is 2. The molecule has 1 aromatic carbocycles. The number of phenols is 1. The van der Waals surface area contributed by atoms with E-state index in [1.165, 1.54) is 19.4 Å². The minimum atomic E-state index is -0.624. The predicted molar refractivity (Wildman–Crippen MR) is 86.7 cm³/mol. The molecule has 0 bridgehead atoms. The summed E-state index contributed by atoms with van der Waals surface area (Å²) in [4.78, 5) is 22.8. The lowest BCUT2D eigenvalue weighted by Crippen LogP contribution is -2.19. The van der Waals surface area contributed by atoms with Crippen LogP contribution in [-0.4, -0.2) is 35.5 Å². The van der Waals surface area contributed by atoms with E-state index in [0.717, 1.165) is 22.3 Å². The van der Waals surface area contributed by atoms with Crippen molar-refractivity contribution in [1.82, 2.24) is 5.32 Å². The first-order chi connectivity index (χ1) is 10.5. The van der Waals surface area contributed by atoms with E-state index in [1.54, 1.807) is 12.1 Å². The molecular weight excluding hydrogens is 374 g/mol. The topological polar surface area (TPSA) is 100 Å². The minimum absolute atomic E-state index is 0.0570. The van der Waals surface area contributed by atoms with Gasteiger partial charge >= 0.3 is 5.97 Å². The predicted octanol–water partition coefficient (Wildman–Crippen LogP) is 1.76. The molecule has 114 valence electrons. The van der Waals surface area contributed by atoms with Crippen LogP contribution in [0.3, 0.4) is 0 Å². The van der Waals surface area contributed by atoms with Crippen LogP contribution in [0.15, 0.2) is 43.9 Å². The zero-order chi connectivity index (χ0) is 16.1. The van der Waals surface area contributed by atoms with Gasteiger partial charge in [-0.2, -0.15) is 5.10 Å². The van der Waals surface area contributed by atoms with Crippen molar-refractivity contribution in [2.24, 2.45) is 10.2 Å². The van der Waals surface area contributed by atoms with Gasteiger partial charge in [-0.1, -0.05) is 15.9 Å². The number of esters is 1.